The highest BCUT2D eigenvalue weighted by atomic mass is 16.5. The lowest BCUT2D eigenvalue weighted by Crippen LogP contribution is -2.46. The van der Waals surface area contributed by atoms with Crippen molar-refractivity contribution in [1.82, 2.24) is 5.01 Å². The number of rotatable bonds is 6. The average Bonchev–Trinajstić information content (AvgIpc) is 2.14. The standard InChI is InChI=1S/C10H23N3O/c1-5-9(11)8-13(12)10(2,3)6-7-14-4/h8H,5-7,11-12H2,1-4H3/b9-8-. The van der Waals surface area contributed by atoms with E-state index in [9.17, 15) is 0 Å². The Morgan fingerprint density at radius 3 is 2.50 bits per heavy atom. The maximum Gasteiger partial charge on any atom is 0.0520 e. The molecular weight excluding hydrogens is 178 g/mol. The largest absolute Gasteiger partial charge is 0.401 e. The Morgan fingerprint density at radius 1 is 1.50 bits per heavy atom. The third kappa shape index (κ3) is 4.48. The molecule has 0 aromatic rings. The number of methoxy groups -OCH3 is 1. The molecule has 0 aliphatic heterocycles. The zero-order valence-electron chi connectivity index (χ0n) is 9.71. The first kappa shape index (κ1) is 13.3. The summed E-state index contributed by atoms with van der Waals surface area (Å²) in [5.74, 6) is 5.89. The summed E-state index contributed by atoms with van der Waals surface area (Å²) in [5, 5.41) is 1.66. The molecule has 0 saturated heterocycles. The predicted octanol–water partition coefficient (Wildman–Crippen LogP) is 1.19. The summed E-state index contributed by atoms with van der Waals surface area (Å²) in [7, 11) is 1.69. The van der Waals surface area contributed by atoms with E-state index in [0.29, 0.717) is 6.61 Å². The van der Waals surface area contributed by atoms with Gasteiger partial charge in [-0.05, 0) is 26.7 Å². The van der Waals surface area contributed by atoms with Crippen LogP contribution < -0.4 is 11.6 Å². The van der Waals surface area contributed by atoms with Crippen LogP contribution in [0.1, 0.15) is 33.6 Å². The van der Waals surface area contributed by atoms with Crippen molar-refractivity contribution in [2.75, 3.05) is 13.7 Å². The summed E-state index contributed by atoms with van der Waals surface area (Å²) in [6.07, 6.45) is 3.47. The molecule has 0 aromatic heterocycles. The molecule has 0 amide bonds. The SMILES string of the molecule is CC/C(N)=C/N(N)C(C)(C)CCOC. The highest BCUT2D eigenvalue weighted by molar-refractivity contribution is 4.97. The van der Waals surface area contributed by atoms with E-state index in [0.717, 1.165) is 18.5 Å². The van der Waals surface area contributed by atoms with Gasteiger partial charge in [0.1, 0.15) is 0 Å². The fourth-order valence-corrected chi connectivity index (χ4v) is 0.926. The minimum absolute atomic E-state index is 0.129. The first-order chi connectivity index (χ1) is 6.44. The molecule has 4 N–H and O–H groups in total. The number of ether oxygens (including phenoxy) is 1. The van der Waals surface area contributed by atoms with Crippen LogP contribution in [0, 0.1) is 0 Å². The van der Waals surface area contributed by atoms with Gasteiger partial charge in [0.05, 0.1) is 5.54 Å². The maximum absolute atomic E-state index is 5.89. The van der Waals surface area contributed by atoms with E-state index < -0.39 is 0 Å². The highest BCUT2D eigenvalue weighted by Crippen LogP contribution is 2.16. The minimum Gasteiger partial charge on any atom is -0.401 e. The molecule has 14 heavy (non-hydrogen) atoms. The second-order valence-electron chi connectivity index (χ2n) is 4.02. The number of nitrogens with zero attached hydrogens (tertiary/aromatic N) is 1. The van der Waals surface area contributed by atoms with Gasteiger partial charge in [0.15, 0.2) is 0 Å². The fraction of sp³-hybridized carbons (Fsp3) is 0.800. The van der Waals surface area contributed by atoms with E-state index in [1.165, 1.54) is 0 Å². The lowest BCUT2D eigenvalue weighted by molar-refractivity contribution is 0.111. The van der Waals surface area contributed by atoms with Crippen molar-refractivity contribution in [2.24, 2.45) is 11.6 Å². The van der Waals surface area contributed by atoms with Crippen molar-refractivity contribution < 1.29 is 4.74 Å². The molecule has 0 heterocycles. The van der Waals surface area contributed by atoms with Crippen molar-refractivity contribution in [3.05, 3.63) is 11.9 Å². The number of hydrogen-bond acceptors (Lipinski definition) is 4. The summed E-state index contributed by atoms with van der Waals surface area (Å²) in [4.78, 5) is 0. The summed E-state index contributed by atoms with van der Waals surface area (Å²) in [6, 6.07) is 0. The second-order valence-corrected chi connectivity index (χ2v) is 4.02. The monoisotopic (exact) mass is 201 g/mol. The topological polar surface area (TPSA) is 64.5 Å². The van der Waals surface area contributed by atoms with Gasteiger partial charge in [-0.2, -0.15) is 0 Å². The van der Waals surface area contributed by atoms with Crippen molar-refractivity contribution in [2.45, 2.75) is 39.2 Å². The van der Waals surface area contributed by atoms with Gasteiger partial charge in [-0.3, -0.25) is 0 Å². The third-order valence-corrected chi connectivity index (χ3v) is 2.33. The maximum atomic E-state index is 5.89. The smallest absolute Gasteiger partial charge is 0.0520 e. The molecule has 0 saturated carbocycles. The van der Waals surface area contributed by atoms with Crippen LogP contribution >= 0.6 is 0 Å². The van der Waals surface area contributed by atoms with Crippen LogP contribution in [0.25, 0.3) is 0 Å². The molecular formula is C10H23N3O. The predicted molar refractivity (Wildman–Crippen MR) is 59.2 cm³/mol. The Morgan fingerprint density at radius 2 is 2.07 bits per heavy atom. The molecule has 4 heteroatoms. The zero-order valence-corrected chi connectivity index (χ0v) is 9.71. The molecule has 0 aliphatic carbocycles. The van der Waals surface area contributed by atoms with E-state index >= 15 is 0 Å². The molecule has 0 aliphatic rings. The van der Waals surface area contributed by atoms with Gasteiger partial charge < -0.3 is 15.5 Å². The van der Waals surface area contributed by atoms with Gasteiger partial charge in [0.2, 0.25) is 0 Å². The second kappa shape index (κ2) is 5.88. The lowest BCUT2D eigenvalue weighted by atomic mass is 10.0. The Labute approximate surface area is 86.9 Å². The van der Waals surface area contributed by atoms with Gasteiger partial charge in [0, 0.05) is 25.6 Å². The zero-order chi connectivity index (χ0) is 11.2. The van der Waals surface area contributed by atoms with Crippen LogP contribution in [0.2, 0.25) is 0 Å². The lowest BCUT2D eigenvalue weighted by Gasteiger charge is -2.34. The van der Waals surface area contributed by atoms with Crippen LogP contribution in [0.15, 0.2) is 11.9 Å². The van der Waals surface area contributed by atoms with Crippen LogP contribution in [-0.2, 0) is 4.74 Å². The first-order valence-electron chi connectivity index (χ1n) is 4.93. The quantitative estimate of drug-likeness (QED) is 0.500. The third-order valence-electron chi connectivity index (χ3n) is 2.33. The van der Waals surface area contributed by atoms with Gasteiger partial charge in [-0.1, -0.05) is 6.92 Å². The van der Waals surface area contributed by atoms with Crippen LogP contribution in [0.4, 0.5) is 0 Å². The molecule has 0 bridgehead atoms. The fourth-order valence-electron chi connectivity index (χ4n) is 0.926. The van der Waals surface area contributed by atoms with Crippen LogP contribution in [0.3, 0.4) is 0 Å². The molecule has 0 atom stereocenters. The summed E-state index contributed by atoms with van der Waals surface area (Å²) in [6.45, 7) is 6.82. The molecule has 0 rings (SSSR count). The molecule has 84 valence electrons. The summed E-state index contributed by atoms with van der Waals surface area (Å²) in [5.41, 5.74) is 6.37. The van der Waals surface area contributed by atoms with E-state index in [1.807, 2.05) is 6.92 Å². The summed E-state index contributed by atoms with van der Waals surface area (Å²) < 4.78 is 5.02. The number of hydrazine groups is 1. The average molecular weight is 201 g/mol. The van der Waals surface area contributed by atoms with Gasteiger partial charge >= 0.3 is 0 Å². The van der Waals surface area contributed by atoms with Crippen molar-refractivity contribution in [3.8, 4) is 0 Å². The molecule has 0 fully saturated rings. The Balaban J connectivity index is 4.26. The van der Waals surface area contributed by atoms with Crippen molar-refractivity contribution in [1.29, 1.82) is 0 Å². The molecule has 0 aromatic carbocycles. The van der Waals surface area contributed by atoms with Crippen LogP contribution in [0.5, 0.6) is 0 Å². The summed E-state index contributed by atoms with van der Waals surface area (Å²) >= 11 is 0. The highest BCUT2D eigenvalue weighted by Gasteiger charge is 2.21. The Hall–Kier alpha value is -0.740. The van der Waals surface area contributed by atoms with Gasteiger partial charge in [-0.25, -0.2) is 5.84 Å². The van der Waals surface area contributed by atoms with E-state index in [2.05, 4.69) is 13.8 Å². The van der Waals surface area contributed by atoms with Crippen molar-refractivity contribution in [3.63, 3.8) is 0 Å². The van der Waals surface area contributed by atoms with E-state index in [-0.39, 0.29) is 5.54 Å². The first-order valence-corrected chi connectivity index (χ1v) is 4.93. The molecule has 0 radical (unpaired) electrons. The molecule has 0 unspecified atom stereocenters. The molecule has 4 nitrogen and oxygen atoms in total. The van der Waals surface area contributed by atoms with Gasteiger partial charge in [-0.15, -0.1) is 0 Å². The minimum atomic E-state index is -0.129. The van der Waals surface area contributed by atoms with Gasteiger partial charge in [0.25, 0.3) is 0 Å². The van der Waals surface area contributed by atoms with E-state index in [1.54, 1.807) is 18.3 Å². The number of nitrogens with two attached hydrogens (primary N) is 2. The van der Waals surface area contributed by atoms with Crippen LogP contribution in [-0.4, -0.2) is 24.3 Å². The Kier molecular flexibility index (Phi) is 5.57. The van der Waals surface area contributed by atoms with E-state index in [4.69, 9.17) is 16.3 Å². The molecule has 0 spiro atoms. The van der Waals surface area contributed by atoms with Crippen molar-refractivity contribution >= 4 is 0 Å². The number of hydrogen-bond donors (Lipinski definition) is 2. The Bertz CT molecular complexity index is 190. The normalized spacial score (nSPS) is 13.1. The number of allylic oxidation sites excluding steroid dienone is 1.